The van der Waals surface area contributed by atoms with Crippen LogP contribution in [0.5, 0.6) is 0 Å². The molecule has 1 aliphatic carbocycles. The van der Waals surface area contributed by atoms with Crippen molar-refractivity contribution >= 4 is 28.7 Å². The first-order chi connectivity index (χ1) is 14.6. The van der Waals surface area contributed by atoms with E-state index in [0.717, 1.165) is 36.8 Å². The third-order valence-electron chi connectivity index (χ3n) is 6.11. The van der Waals surface area contributed by atoms with Crippen molar-refractivity contribution in [1.29, 1.82) is 0 Å². The van der Waals surface area contributed by atoms with Crippen molar-refractivity contribution in [2.75, 3.05) is 0 Å². The van der Waals surface area contributed by atoms with Gasteiger partial charge in [-0.05, 0) is 49.7 Å². The normalized spacial score (nSPS) is 24.8. The number of nitrogens with zero attached hydrogens (tertiary/aromatic N) is 1. The van der Waals surface area contributed by atoms with Gasteiger partial charge in [0, 0.05) is 10.5 Å². The van der Waals surface area contributed by atoms with E-state index in [2.05, 4.69) is 41.6 Å². The number of rotatable bonds is 7. The Bertz CT molecular complexity index is 812. The molecule has 1 heterocycles. The summed E-state index contributed by atoms with van der Waals surface area (Å²) in [5.74, 6) is 0.501. The second-order valence-corrected chi connectivity index (χ2v) is 10.1. The van der Waals surface area contributed by atoms with Crippen molar-refractivity contribution < 1.29 is 14.3 Å². The van der Waals surface area contributed by atoms with Crippen LogP contribution in [0, 0.1) is 5.92 Å². The predicted octanol–water partition coefficient (Wildman–Crippen LogP) is 5.98. The zero-order valence-corrected chi connectivity index (χ0v) is 19.6. The molecule has 4 atom stereocenters. The lowest BCUT2D eigenvalue weighted by molar-refractivity contribution is -0.0811. The molecule has 2 aromatic rings. The highest BCUT2D eigenvalue weighted by Crippen LogP contribution is 2.42. The Morgan fingerprint density at radius 2 is 1.67 bits per heavy atom. The van der Waals surface area contributed by atoms with Gasteiger partial charge in [-0.2, -0.15) is 0 Å². The van der Waals surface area contributed by atoms with E-state index in [1.807, 2.05) is 53.4 Å². The van der Waals surface area contributed by atoms with Gasteiger partial charge in [0.15, 0.2) is 0 Å². The van der Waals surface area contributed by atoms with Crippen molar-refractivity contribution in [3.05, 3.63) is 71.8 Å². The van der Waals surface area contributed by atoms with Crippen molar-refractivity contribution in [1.82, 2.24) is 4.90 Å². The van der Waals surface area contributed by atoms with Gasteiger partial charge in [-0.25, -0.2) is 4.79 Å². The second kappa shape index (κ2) is 10.1. The Labute approximate surface area is 193 Å². The van der Waals surface area contributed by atoms with Crippen LogP contribution in [0.15, 0.2) is 60.7 Å². The van der Waals surface area contributed by atoms with Crippen molar-refractivity contribution in [3.8, 4) is 0 Å². The summed E-state index contributed by atoms with van der Waals surface area (Å²) in [6.45, 7) is 3.00. The Kier molecular flexibility index (Phi) is 7.31. The van der Waals surface area contributed by atoms with E-state index in [9.17, 15) is 4.79 Å². The van der Waals surface area contributed by atoms with Crippen LogP contribution < -0.4 is 0 Å². The minimum absolute atomic E-state index is 0.0693. The number of amides is 1. The van der Waals surface area contributed by atoms with Gasteiger partial charge in [-0.3, -0.25) is 4.90 Å². The predicted molar refractivity (Wildman–Crippen MR) is 127 cm³/mol. The molecule has 4 rings (SSSR count). The number of carbonyl (C=O) groups excluding carboxylic acids is 1. The summed E-state index contributed by atoms with van der Waals surface area (Å²) in [6.07, 6.45) is 4.49. The summed E-state index contributed by atoms with van der Waals surface area (Å²) in [7, 11) is 0. The first-order valence-corrected chi connectivity index (χ1v) is 12.2. The molecule has 30 heavy (non-hydrogen) atoms. The van der Waals surface area contributed by atoms with Gasteiger partial charge >= 0.3 is 6.09 Å². The van der Waals surface area contributed by atoms with Crippen LogP contribution in [-0.2, 0) is 22.6 Å². The van der Waals surface area contributed by atoms with Gasteiger partial charge in [0.2, 0.25) is 0 Å². The summed E-state index contributed by atoms with van der Waals surface area (Å²) in [4.78, 5) is 15.3. The molecule has 0 bridgehead atoms. The van der Waals surface area contributed by atoms with Crippen molar-refractivity contribution in [2.45, 2.75) is 67.9 Å². The van der Waals surface area contributed by atoms with Gasteiger partial charge in [-0.15, -0.1) is 0 Å². The van der Waals surface area contributed by atoms with E-state index >= 15 is 0 Å². The molecule has 4 nitrogen and oxygen atoms in total. The largest absolute Gasteiger partial charge is 0.445 e. The number of hydrogen-bond acceptors (Lipinski definition) is 3. The number of halogens is 1. The van der Waals surface area contributed by atoms with Crippen LogP contribution in [0.2, 0.25) is 0 Å². The third-order valence-corrected chi connectivity index (χ3v) is 7.74. The fourth-order valence-corrected chi connectivity index (χ4v) is 4.84. The highest BCUT2D eigenvalue weighted by atomic mass is 127. The monoisotopic (exact) mass is 519 g/mol. The summed E-state index contributed by atoms with van der Waals surface area (Å²) in [6, 6.07) is 20.2. The lowest BCUT2D eigenvalue weighted by Gasteiger charge is -2.41. The molecule has 1 saturated carbocycles. The Hall–Kier alpha value is -1.60. The van der Waals surface area contributed by atoms with Crippen LogP contribution in [-0.4, -0.2) is 33.2 Å². The zero-order chi connectivity index (χ0) is 20.9. The zero-order valence-electron chi connectivity index (χ0n) is 17.5. The number of alkyl halides is 1. The number of hydrogen-bond donors (Lipinski definition) is 0. The maximum absolute atomic E-state index is 13.3. The van der Waals surface area contributed by atoms with E-state index in [4.69, 9.17) is 9.47 Å². The molecule has 1 amide bonds. The van der Waals surface area contributed by atoms with Gasteiger partial charge in [0.25, 0.3) is 0 Å². The van der Waals surface area contributed by atoms with Crippen LogP contribution in [0.4, 0.5) is 4.79 Å². The van der Waals surface area contributed by atoms with E-state index < -0.39 is 0 Å². The summed E-state index contributed by atoms with van der Waals surface area (Å²) >= 11 is 2.49. The standard InChI is InChI=1S/C25H30INO3/c1-18-22(26)14-15-23(30-18)24(21-12-13-21)27(16-19-8-4-2-5-9-19)25(28)29-17-20-10-6-3-7-11-20/h2-11,18,21-24H,12-17H2,1H3/t18?,22?,23-,24+/m0/s1. The number of ether oxygens (including phenoxy) is 2. The molecule has 0 aromatic heterocycles. The smallest absolute Gasteiger partial charge is 0.410 e. The topological polar surface area (TPSA) is 38.8 Å². The van der Waals surface area contributed by atoms with Crippen molar-refractivity contribution in [3.63, 3.8) is 0 Å². The molecule has 2 aliphatic rings. The maximum atomic E-state index is 13.3. The van der Waals surface area contributed by atoms with Crippen LogP contribution in [0.3, 0.4) is 0 Å². The number of benzene rings is 2. The number of carbonyl (C=O) groups is 1. The molecular weight excluding hydrogens is 489 g/mol. The highest BCUT2D eigenvalue weighted by Gasteiger charge is 2.45. The molecular formula is C25H30INO3. The molecule has 0 spiro atoms. The molecule has 2 fully saturated rings. The summed E-state index contributed by atoms with van der Waals surface area (Å²) in [5, 5.41) is 0. The lowest BCUT2D eigenvalue weighted by atomic mass is 9.94. The van der Waals surface area contributed by atoms with Crippen LogP contribution in [0.1, 0.15) is 43.7 Å². The van der Waals surface area contributed by atoms with Gasteiger partial charge in [-0.1, -0.05) is 83.3 Å². The first kappa shape index (κ1) is 21.6. The third kappa shape index (κ3) is 5.55. The van der Waals surface area contributed by atoms with E-state index in [0.29, 0.717) is 23.0 Å². The molecule has 2 aromatic carbocycles. The van der Waals surface area contributed by atoms with Gasteiger partial charge in [0.1, 0.15) is 6.61 Å². The molecule has 160 valence electrons. The van der Waals surface area contributed by atoms with E-state index in [-0.39, 0.29) is 24.3 Å². The Morgan fingerprint density at radius 3 is 2.27 bits per heavy atom. The SMILES string of the molecule is CC1O[C@H]([C@@H](C2CC2)N(Cc2ccccc2)C(=O)OCc2ccccc2)CCC1I. The minimum Gasteiger partial charge on any atom is -0.445 e. The summed E-state index contributed by atoms with van der Waals surface area (Å²) in [5.41, 5.74) is 2.12. The maximum Gasteiger partial charge on any atom is 0.410 e. The average Bonchev–Trinajstić information content (AvgIpc) is 3.60. The Balaban J connectivity index is 1.54. The molecule has 5 heteroatoms. The van der Waals surface area contributed by atoms with Crippen LogP contribution >= 0.6 is 22.6 Å². The Morgan fingerprint density at radius 1 is 1.03 bits per heavy atom. The fraction of sp³-hybridized carbons (Fsp3) is 0.480. The molecule has 0 radical (unpaired) electrons. The minimum atomic E-state index is -0.243. The van der Waals surface area contributed by atoms with Gasteiger partial charge < -0.3 is 9.47 Å². The van der Waals surface area contributed by atoms with Crippen LogP contribution in [0.25, 0.3) is 0 Å². The van der Waals surface area contributed by atoms with Gasteiger partial charge in [0.05, 0.1) is 18.2 Å². The first-order valence-electron chi connectivity index (χ1n) is 10.9. The molecule has 1 aliphatic heterocycles. The highest BCUT2D eigenvalue weighted by molar-refractivity contribution is 14.1. The molecule has 2 unspecified atom stereocenters. The lowest BCUT2D eigenvalue weighted by Crippen LogP contribution is -2.52. The quantitative estimate of drug-likeness (QED) is 0.334. The molecule has 1 saturated heterocycles. The van der Waals surface area contributed by atoms with E-state index in [1.165, 1.54) is 0 Å². The average molecular weight is 519 g/mol. The second-order valence-electron chi connectivity index (χ2n) is 8.45. The molecule has 0 N–H and O–H groups in total. The van der Waals surface area contributed by atoms with E-state index in [1.54, 1.807) is 0 Å². The van der Waals surface area contributed by atoms with Crippen molar-refractivity contribution in [2.24, 2.45) is 5.92 Å². The fourth-order valence-electron chi connectivity index (χ4n) is 4.31. The summed E-state index contributed by atoms with van der Waals surface area (Å²) < 4.78 is 12.8.